The van der Waals surface area contributed by atoms with E-state index in [9.17, 15) is 9.90 Å². The molecule has 0 amide bonds. The minimum atomic E-state index is -0.943. The van der Waals surface area contributed by atoms with Crippen LogP contribution in [0.1, 0.15) is 44.1 Å². The van der Waals surface area contributed by atoms with Crippen LogP contribution in [0.5, 0.6) is 0 Å². The highest BCUT2D eigenvalue weighted by Crippen LogP contribution is 2.06. The average Bonchev–Trinajstić information content (AvgIpc) is 2.37. The highest BCUT2D eigenvalue weighted by Gasteiger charge is 1.90. The summed E-state index contributed by atoms with van der Waals surface area (Å²) in [4.78, 5) is 10.2. The molecule has 0 aliphatic heterocycles. The first-order chi connectivity index (χ1) is 8.79. The van der Waals surface area contributed by atoms with Crippen LogP contribution in [0.3, 0.4) is 0 Å². The van der Waals surface area contributed by atoms with Crippen molar-refractivity contribution in [2.75, 3.05) is 0 Å². The summed E-state index contributed by atoms with van der Waals surface area (Å²) in [6.45, 7) is 0. The van der Waals surface area contributed by atoms with Gasteiger partial charge in [-0.25, -0.2) is 0 Å². The number of carboxylic acids is 1. The Morgan fingerprint density at radius 1 is 1.00 bits per heavy atom. The van der Waals surface area contributed by atoms with E-state index < -0.39 is 5.97 Å². The maximum atomic E-state index is 10.2. The van der Waals surface area contributed by atoms with Crippen molar-refractivity contribution >= 4 is 5.97 Å². The zero-order valence-electron chi connectivity index (χ0n) is 10.8. The summed E-state index contributed by atoms with van der Waals surface area (Å²) in [5.74, 6) is -0.943. The van der Waals surface area contributed by atoms with Crippen LogP contribution in [0, 0.1) is 0 Å². The van der Waals surface area contributed by atoms with Gasteiger partial charge in [0.25, 0.3) is 0 Å². The monoisotopic (exact) mass is 245 g/mol. The summed E-state index contributed by atoms with van der Waals surface area (Å²) in [7, 11) is 0. The molecular formula is C16H21O2-. The number of carboxylic acid groups (broad SMARTS) is 1. The molecule has 1 aromatic rings. The predicted molar refractivity (Wildman–Crippen MR) is 72.0 cm³/mol. The molecule has 0 heterocycles. The number of benzene rings is 1. The first kappa shape index (κ1) is 14.5. The van der Waals surface area contributed by atoms with Crippen LogP contribution in [0.15, 0.2) is 42.5 Å². The minimum absolute atomic E-state index is 0.182. The van der Waals surface area contributed by atoms with Gasteiger partial charge in [-0.2, -0.15) is 0 Å². The molecular weight excluding hydrogens is 224 g/mol. The average molecular weight is 245 g/mol. The molecule has 0 aliphatic carbocycles. The van der Waals surface area contributed by atoms with Crippen LogP contribution in [0.2, 0.25) is 0 Å². The van der Waals surface area contributed by atoms with Crippen LogP contribution in [0.4, 0.5) is 0 Å². The SMILES string of the molecule is O=C([O-])CCCC/C=C/CCCc1ccccc1. The molecule has 18 heavy (non-hydrogen) atoms. The van der Waals surface area contributed by atoms with Gasteiger partial charge < -0.3 is 9.90 Å². The number of carbonyl (C=O) groups is 1. The van der Waals surface area contributed by atoms with Gasteiger partial charge in [0.15, 0.2) is 0 Å². The number of unbranched alkanes of at least 4 members (excludes halogenated alkanes) is 3. The minimum Gasteiger partial charge on any atom is -0.550 e. The molecule has 0 saturated heterocycles. The number of rotatable bonds is 9. The largest absolute Gasteiger partial charge is 0.550 e. The van der Waals surface area contributed by atoms with Crippen molar-refractivity contribution in [1.82, 2.24) is 0 Å². The van der Waals surface area contributed by atoms with E-state index in [1.807, 2.05) is 6.07 Å². The van der Waals surface area contributed by atoms with E-state index in [4.69, 9.17) is 0 Å². The fourth-order valence-corrected chi connectivity index (χ4v) is 1.84. The molecule has 0 atom stereocenters. The van der Waals surface area contributed by atoms with Crippen molar-refractivity contribution < 1.29 is 9.90 Å². The van der Waals surface area contributed by atoms with E-state index >= 15 is 0 Å². The van der Waals surface area contributed by atoms with Gasteiger partial charge in [0.2, 0.25) is 0 Å². The Labute approximate surface area is 109 Å². The molecule has 0 saturated carbocycles. The predicted octanol–water partition coefficient (Wildman–Crippen LogP) is 2.88. The topological polar surface area (TPSA) is 40.1 Å². The highest BCUT2D eigenvalue weighted by atomic mass is 16.4. The Kier molecular flexibility index (Phi) is 7.61. The maximum absolute atomic E-state index is 10.2. The lowest BCUT2D eigenvalue weighted by Gasteiger charge is -1.99. The number of allylic oxidation sites excluding steroid dienone is 2. The Morgan fingerprint density at radius 2 is 1.67 bits per heavy atom. The quantitative estimate of drug-likeness (QED) is 0.496. The molecule has 0 aliphatic rings. The van der Waals surface area contributed by atoms with Crippen LogP contribution >= 0.6 is 0 Å². The Hall–Kier alpha value is -1.57. The van der Waals surface area contributed by atoms with Crippen molar-refractivity contribution in [1.29, 1.82) is 0 Å². The van der Waals surface area contributed by atoms with Crippen LogP contribution in [-0.2, 0) is 11.2 Å². The molecule has 0 radical (unpaired) electrons. The molecule has 0 bridgehead atoms. The van der Waals surface area contributed by atoms with E-state index in [0.717, 1.165) is 32.1 Å². The van der Waals surface area contributed by atoms with Crippen LogP contribution in [0.25, 0.3) is 0 Å². The summed E-state index contributed by atoms with van der Waals surface area (Å²) < 4.78 is 0. The highest BCUT2D eigenvalue weighted by molar-refractivity contribution is 5.64. The van der Waals surface area contributed by atoms with Crippen molar-refractivity contribution in [3.63, 3.8) is 0 Å². The normalized spacial score (nSPS) is 10.9. The maximum Gasteiger partial charge on any atom is 0.0414 e. The van der Waals surface area contributed by atoms with Gasteiger partial charge in [0, 0.05) is 5.97 Å². The van der Waals surface area contributed by atoms with Crippen molar-refractivity contribution in [3.8, 4) is 0 Å². The number of carbonyl (C=O) groups excluding carboxylic acids is 1. The van der Waals surface area contributed by atoms with E-state index in [1.165, 1.54) is 12.0 Å². The van der Waals surface area contributed by atoms with Gasteiger partial charge >= 0.3 is 0 Å². The van der Waals surface area contributed by atoms with E-state index in [1.54, 1.807) is 0 Å². The standard InChI is InChI=1S/C16H22O2/c17-16(18)14-10-5-3-1-2-4-7-11-15-12-8-6-9-13-15/h1-2,6,8-9,12-13H,3-5,7,10-11,14H2,(H,17,18)/p-1/b2-1+. The second kappa shape index (κ2) is 9.46. The third-order valence-corrected chi connectivity index (χ3v) is 2.85. The Balaban J connectivity index is 1.96. The molecule has 1 aromatic carbocycles. The van der Waals surface area contributed by atoms with E-state index in [0.29, 0.717) is 0 Å². The lowest BCUT2D eigenvalue weighted by atomic mass is 10.1. The zero-order chi connectivity index (χ0) is 13.1. The van der Waals surface area contributed by atoms with Gasteiger partial charge in [0.05, 0.1) is 0 Å². The van der Waals surface area contributed by atoms with Crippen LogP contribution < -0.4 is 5.11 Å². The Morgan fingerprint density at radius 3 is 2.33 bits per heavy atom. The fourth-order valence-electron chi connectivity index (χ4n) is 1.84. The van der Waals surface area contributed by atoms with Gasteiger partial charge in [-0.05, 0) is 50.5 Å². The van der Waals surface area contributed by atoms with Gasteiger partial charge in [-0.3, -0.25) is 0 Å². The van der Waals surface area contributed by atoms with Crippen molar-refractivity contribution in [3.05, 3.63) is 48.0 Å². The lowest BCUT2D eigenvalue weighted by Crippen LogP contribution is -2.21. The third-order valence-electron chi connectivity index (χ3n) is 2.85. The second-order valence-electron chi connectivity index (χ2n) is 4.47. The summed E-state index contributed by atoms with van der Waals surface area (Å²) in [5.41, 5.74) is 1.39. The van der Waals surface area contributed by atoms with Gasteiger partial charge in [-0.15, -0.1) is 0 Å². The number of hydrogen-bond acceptors (Lipinski definition) is 2. The molecule has 2 nitrogen and oxygen atoms in total. The molecule has 0 fully saturated rings. The first-order valence-electron chi connectivity index (χ1n) is 6.68. The summed E-state index contributed by atoms with van der Waals surface area (Å²) >= 11 is 0. The summed E-state index contributed by atoms with van der Waals surface area (Å²) in [6.07, 6.45) is 10.5. The zero-order valence-corrected chi connectivity index (χ0v) is 10.8. The second-order valence-corrected chi connectivity index (χ2v) is 4.47. The number of aryl methyl sites for hydroxylation is 1. The van der Waals surface area contributed by atoms with Gasteiger partial charge in [0.1, 0.15) is 0 Å². The molecule has 98 valence electrons. The van der Waals surface area contributed by atoms with E-state index in [-0.39, 0.29) is 6.42 Å². The van der Waals surface area contributed by atoms with Crippen molar-refractivity contribution in [2.45, 2.75) is 44.9 Å². The first-order valence-corrected chi connectivity index (χ1v) is 6.68. The smallest absolute Gasteiger partial charge is 0.0414 e. The fraction of sp³-hybridized carbons (Fsp3) is 0.438. The molecule has 2 heteroatoms. The summed E-state index contributed by atoms with van der Waals surface area (Å²) in [5, 5.41) is 10.2. The van der Waals surface area contributed by atoms with Gasteiger partial charge in [-0.1, -0.05) is 42.5 Å². The molecule has 0 spiro atoms. The molecule has 0 unspecified atom stereocenters. The van der Waals surface area contributed by atoms with Crippen LogP contribution in [-0.4, -0.2) is 5.97 Å². The molecule has 1 rings (SSSR count). The number of hydrogen-bond donors (Lipinski definition) is 0. The molecule has 0 N–H and O–H groups in total. The lowest BCUT2D eigenvalue weighted by molar-refractivity contribution is -0.305. The molecule has 0 aromatic heterocycles. The van der Waals surface area contributed by atoms with Crippen molar-refractivity contribution in [2.24, 2.45) is 0 Å². The number of aliphatic carboxylic acids is 1. The third kappa shape index (κ3) is 7.66. The van der Waals surface area contributed by atoms with E-state index in [2.05, 4.69) is 36.4 Å². The summed E-state index contributed by atoms with van der Waals surface area (Å²) in [6, 6.07) is 10.5. The Bertz CT molecular complexity index is 355.